The standard InChI is InChI=1S/C16H20FNO5/c1-10(2)8-23-16(21)18-11(3)15(20)22-9-14(19)12-4-6-13(17)7-5-12/h4-7,10-11H,8-9H2,1-3H3,(H,18,21)/t11-/m0/s1. The number of alkyl carbamates (subject to hydrolysis) is 1. The Hall–Kier alpha value is -2.44. The summed E-state index contributed by atoms with van der Waals surface area (Å²) in [5.74, 6) is -1.51. The SMILES string of the molecule is CC(C)COC(=O)N[C@@H](C)C(=O)OCC(=O)c1ccc(F)cc1. The number of ketones is 1. The third kappa shape index (κ3) is 6.90. The zero-order valence-electron chi connectivity index (χ0n) is 13.3. The van der Waals surface area contributed by atoms with E-state index in [4.69, 9.17) is 9.47 Å². The van der Waals surface area contributed by atoms with Crippen LogP contribution in [0, 0.1) is 11.7 Å². The summed E-state index contributed by atoms with van der Waals surface area (Å²) in [6.07, 6.45) is -0.729. The van der Waals surface area contributed by atoms with E-state index in [1.54, 1.807) is 0 Å². The number of halogens is 1. The second-order valence-electron chi connectivity index (χ2n) is 5.40. The average molecular weight is 325 g/mol. The molecule has 0 saturated carbocycles. The maximum absolute atomic E-state index is 12.8. The van der Waals surface area contributed by atoms with Crippen molar-refractivity contribution in [2.45, 2.75) is 26.8 Å². The molecule has 1 N–H and O–H groups in total. The van der Waals surface area contributed by atoms with Crippen LogP contribution in [0.5, 0.6) is 0 Å². The van der Waals surface area contributed by atoms with Gasteiger partial charge in [0, 0.05) is 5.56 Å². The highest BCUT2D eigenvalue weighted by Crippen LogP contribution is 2.04. The molecule has 1 aromatic rings. The highest BCUT2D eigenvalue weighted by atomic mass is 19.1. The first-order chi connectivity index (χ1) is 10.8. The fourth-order valence-corrected chi connectivity index (χ4v) is 1.50. The van der Waals surface area contributed by atoms with E-state index >= 15 is 0 Å². The number of Topliss-reactive ketones (excluding diaryl/α,β-unsaturated/α-hetero) is 1. The summed E-state index contributed by atoms with van der Waals surface area (Å²) in [6, 6.07) is 3.94. The number of amides is 1. The number of esters is 1. The average Bonchev–Trinajstić information content (AvgIpc) is 2.50. The molecule has 0 saturated heterocycles. The molecule has 0 fully saturated rings. The Morgan fingerprint density at radius 3 is 2.26 bits per heavy atom. The monoisotopic (exact) mass is 325 g/mol. The van der Waals surface area contributed by atoms with E-state index in [0.717, 1.165) is 12.1 Å². The van der Waals surface area contributed by atoms with Gasteiger partial charge in [-0.05, 0) is 37.1 Å². The van der Waals surface area contributed by atoms with Crippen LogP contribution in [-0.4, -0.2) is 37.1 Å². The van der Waals surface area contributed by atoms with Crippen LogP contribution < -0.4 is 5.32 Å². The molecule has 0 aliphatic carbocycles. The number of hydrogen-bond donors (Lipinski definition) is 1. The van der Waals surface area contributed by atoms with Crippen LogP contribution in [-0.2, 0) is 14.3 Å². The van der Waals surface area contributed by atoms with Crippen molar-refractivity contribution in [3.8, 4) is 0 Å². The van der Waals surface area contributed by atoms with Gasteiger partial charge in [-0.2, -0.15) is 0 Å². The van der Waals surface area contributed by atoms with Crippen molar-refractivity contribution in [1.29, 1.82) is 0 Å². The smallest absolute Gasteiger partial charge is 0.407 e. The normalized spacial score (nSPS) is 11.7. The fraction of sp³-hybridized carbons (Fsp3) is 0.438. The lowest BCUT2D eigenvalue weighted by Gasteiger charge is -2.14. The number of ether oxygens (including phenoxy) is 2. The highest BCUT2D eigenvalue weighted by molar-refractivity contribution is 5.98. The second kappa shape index (κ2) is 8.87. The molecule has 126 valence electrons. The maximum atomic E-state index is 12.8. The van der Waals surface area contributed by atoms with E-state index in [-0.39, 0.29) is 18.1 Å². The van der Waals surface area contributed by atoms with Gasteiger partial charge in [-0.1, -0.05) is 13.8 Å². The van der Waals surface area contributed by atoms with Gasteiger partial charge in [-0.3, -0.25) is 4.79 Å². The van der Waals surface area contributed by atoms with Crippen LogP contribution in [0.4, 0.5) is 9.18 Å². The summed E-state index contributed by atoms with van der Waals surface area (Å²) < 4.78 is 22.4. The van der Waals surface area contributed by atoms with Gasteiger partial charge >= 0.3 is 12.1 Å². The van der Waals surface area contributed by atoms with Crippen molar-refractivity contribution in [1.82, 2.24) is 5.32 Å². The van der Waals surface area contributed by atoms with Gasteiger partial charge < -0.3 is 14.8 Å². The quantitative estimate of drug-likeness (QED) is 0.614. The van der Waals surface area contributed by atoms with Crippen LogP contribution in [0.15, 0.2) is 24.3 Å². The van der Waals surface area contributed by atoms with Gasteiger partial charge in [0.05, 0.1) is 6.61 Å². The number of carbonyl (C=O) groups excluding carboxylic acids is 3. The van der Waals surface area contributed by atoms with E-state index in [2.05, 4.69) is 5.32 Å². The number of hydrogen-bond acceptors (Lipinski definition) is 5. The molecule has 1 amide bonds. The Bertz CT molecular complexity index is 556. The number of carbonyl (C=O) groups is 3. The molecule has 1 rings (SSSR count). The van der Waals surface area contributed by atoms with E-state index in [9.17, 15) is 18.8 Å². The molecule has 0 aliphatic heterocycles. The van der Waals surface area contributed by atoms with Gasteiger partial charge in [-0.25, -0.2) is 14.0 Å². The third-order valence-corrected chi connectivity index (χ3v) is 2.75. The minimum atomic E-state index is -0.948. The van der Waals surface area contributed by atoms with Crippen molar-refractivity contribution < 1.29 is 28.2 Å². The van der Waals surface area contributed by atoms with Crippen molar-refractivity contribution >= 4 is 17.8 Å². The second-order valence-corrected chi connectivity index (χ2v) is 5.40. The van der Waals surface area contributed by atoms with Crippen LogP contribution in [0.2, 0.25) is 0 Å². The lowest BCUT2D eigenvalue weighted by atomic mass is 10.1. The molecule has 23 heavy (non-hydrogen) atoms. The molecule has 0 radical (unpaired) electrons. The number of nitrogens with one attached hydrogen (secondary N) is 1. The Morgan fingerprint density at radius 1 is 1.09 bits per heavy atom. The Morgan fingerprint density at radius 2 is 1.70 bits per heavy atom. The van der Waals surface area contributed by atoms with Gasteiger partial charge in [0.15, 0.2) is 12.4 Å². The molecule has 0 bridgehead atoms. The Kier molecular flexibility index (Phi) is 7.18. The molecule has 0 heterocycles. The summed E-state index contributed by atoms with van der Waals surface area (Å²) in [4.78, 5) is 34.9. The third-order valence-electron chi connectivity index (χ3n) is 2.75. The summed E-state index contributed by atoms with van der Waals surface area (Å²) in [6.45, 7) is 4.92. The van der Waals surface area contributed by atoms with Crippen LogP contribution in [0.25, 0.3) is 0 Å². The predicted octanol–water partition coefficient (Wildman–Crippen LogP) is 2.32. The molecule has 0 unspecified atom stereocenters. The minimum absolute atomic E-state index is 0.177. The molecule has 0 aromatic heterocycles. The van der Waals surface area contributed by atoms with Crippen LogP contribution >= 0.6 is 0 Å². The first-order valence-electron chi connectivity index (χ1n) is 7.18. The Labute approximate surface area is 134 Å². The molecular weight excluding hydrogens is 305 g/mol. The van der Waals surface area contributed by atoms with Crippen LogP contribution in [0.1, 0.15) is 31.1 Å². The van der Waals surface area contributed by atoms with Gasteiger partial charge in [0.2, 0.25) is 0 Å². The van der Waals surface area contributed by atoms with Gasteiger partial charge in [0.25, 0.3) is 0 Å². The lowest BCUT2D eigenvalue weighted by molar-refractivity contribution is -0.144. The van der Waals surface area contributed by atoms with Crippen molar-refractivity contribution in [2.75, 3.05) is 13.2 Å². The first kappa shape index (κ1) is 18.6. The molecule has 0 aliphatic rings. The van der Waals surface area contributed by atoms with Crippen molar-refractivity contribution in [2.24, 2.45) is 5.92 Å². The molecule has 6 nitrogen and oxygen atoms in total. The van der Waals surface area contributed by atoms with Crippen molar-refractivity contribution in [3.63, 3.8) is 0 Å². The van der Waals surface area contributed by atoms with Crippen LogP contribution in [0.3, 0.4) is 0 Å². The summed E-state index contributed by atoms with van der Waals surface area (Å²) in [7, 11) is 0. The first-order valence-corrected chi connectivity index (χ1v) is 7.18. The molecule has 0 spiro atoms. The van der Waals surface area contributed by atoms with E-state index < -0.39 is 36.3 Å². The molecular formula is C16H20FNO5. The minimum Gasteiger partial charge on any atom is -0.456 e. The summed E-state index contributed by atoms with van der Waals surface area (Å²) in [5.41, 5.74) is 0.233. The highest BCUT2D eigenvalue weighted by Gasteiger charge is 2.19. The van der Waals surface area contributed by atoms with E-state index in [1.807, 2.05) is 13.8 Å². The largest absolute Gasteiger partial charge is 0.456 e. The maximum Gasteiger partial charge on any atom is 0.407 e. The topological polar surface area (TPSA) is 81.7 Å². The summed E-state index contributed by atoms with van der Waals surface area (Å²) >= 11 is 0. The summed E-state index contributed by atoms with van der Waals surface area (Å²) in [5, 5.41) is 2.31. The molecule has 1 aromatic carbocycles. The Balaban J connectivity index is 2.38. The van der Waals surface area contributed by atoms with E-state index in [1.165, 1.54) is 19.1 Å². The predicted molar refractivity (Wildman–Crippen MR) is 80.5 cm³/mol. The fourth-order valence-electron chi connectivity index (χ4n) is 1.50. The molecule has 1 atom stereocenters. The zero-order chi connectivity index (χ0) is 17.4. The van der Waals surface area contributed by atoms with Gasteiger partial charge in [0.1, 0.15) is 11.9 Å². The lowest BCUT2D eigenvalue weighted by Crippen LogP contribution is -2.40. The van der Waals surface area contributed by atoms with Crippen molar-refractivity contribution in [3.05, 3.63) is 35.6 Å². The van der Waals surface area contributed by atoms with E-state index in [0.29, 0.717) is 0 Å². The molecule has 7 heteroatoms. The number of benzene rings is 1. The number of rotatable bonds is 7. The van der Waals surface area contributed by atoms with Gasteiger partial charge in [-0.15, -0.1) is 0 Å². The zero-order valence-corrected chi connectivity index (χ0v) is 13.3.